The van der Waals surface area contributed by atoms with Crippen LogP contribution in [-0.2, 0) is 28.4 Å². The SMILES string of the molecule is CCCCCCCCCCCCCCCCOCC1(COCCOCCOCCO)COC(c2ccc(OC)cc2)OC1. The van der Waals surface area contributed by atoms with E-state index in [4.69, 9.17) is 38.3 Å². The van der Waals surface area contributed by atoms with Gasteiger partial charge in [0.25, 0.3) is 0 Å². The Bertz CT molecular complexity index is 736. The van der Waals surface area contributed by atoms with Crippen molar-refractivity contribution >= 4 is 0 Å². The van der Waals surface area contributed by atoms with Crippen LogP contribution < -0.4 is 4.74 Å². The van der Waals surface area contributed by atoms with E-state index in [0.29, 0.717) is 59.5 Å². The molecule has 2 rings (SSSR count). The number of ether oxygens (including phenoxy) is 7. The van der Waals surface area contributed by atoms with Crippen molar-refractivity contribution in [2.45, 2.75) is 103 Å². The standard InChI is InChI=1S/C35H62O8/c1-3-4-5-6-7-8-9-10-11-12-13-14-15-16-22-40-28-35(29-41-27-26-39-25-24-38-23-21-36)30-42-34(43-31-35)32-17-19-33(37-2)20-18-32/h17-20,34,36H,3-16,21-31H2,1-2H3. The van der Waals surface area contributed by atoms with Crippen molar-refractivity contribution in [2.75, 3.05) is 79.8 Å². The molecule has 43 heavy (non-hydrogen) atoms. The molecular weight excluding hydrogens is 548 g/mol. The fraction of sp³-hybridized carbons (Fsp3) is 0.829. The summed E-state index contributed by atoms with van der Waals surface area (Å²) in [5.74, 6) is 0.807. The van der Waals surface area contributed by atoms with Gasteiger partial charge in [-0.25, -0.2) is 0 Å². The Balaban J connectivity index is 1.60. The molecule has 1 saturated heterocycles. The first kappa shape index (κ1) is 37.9. The first-order chi connectivity index (χ1) is 21.2. The summed E-state index contributed by atoms with van der Waals surface area (Å²) in [5.41, 5.74) is 0.610. The molecule has 250 valence electrons. The van der Waals surface area contributed by atoms with Crippen molar-refractivity contribution in [3.63, 3.8) is 0 Å². The van der Waals surface area contributed by atoms with Gasteiger partial charge < -0.3 is 38.3 Å². The van der Waals surface area contributed by atoms with Gasteiger partial charge >= 0.3 is 0 Å². The highest BCUT2D eigenvalue weighted by atomic mass is 16.7. The van der Waals surface area contributed by atoms with Crippen LogP contribution in [0, 0.1) is 5.41 Å². The van der Waals surface area contributed by atoms with Gasteiger partial charge in [0.15, 0.2) is 6.29 Å². The summed E-state index contributed by atoms with van der Waals surface area (Å²) in [7, 11) is 1.66. The van der Waals surface area contributed by atoms with E-state index >= 15 is 0 Å². The molecule has 1 N–H and O–H groups in total. The number of benzene rings is 1. The van der Waals surface area contributed by atoms with E-state index in [-0.39, 0.29) is 12.0 Å². The highest BCUT2D eigenvalue weighted by Gasteiger charge is 2.38. The predicted molar refractivity (Wildman–Crippen MR) is 171 cm³/mol. The Morgan fingerprint density at radius 1 is 0.628 bits per heavy atom. The van der Waals surface area contributed by atoms with E-state index in [2.05, 4.69) is 6.92 Å². The number of rotatable bonds is 29. The quantitative estimate of drug-likeness (QED) is 0.0949. The highest BCUT2D eigenvalue weighted by Crippen LogP contribution is 2.33. The third kappa shape index (κ3) is 18.3. The van der Waals surface area contributed by atoms with E-state index in [9.17, 15) is 0 Å². The van der Waals surface area contributed by atoms with Crippen molar-refractivity contribution in [1.29, 1.82) is 0 Å². The van der Waals surface area contributed by atoms with Gasteiger partial charge in [-0.2, -0.15) is 0 Å². The van der Waals surface area contributed by atoms with Gasteiger partial charge in [0.1, 0.15) is 5.75 Å². The summed E-state index contributed by atoms with van der Waals surface area (Å²) < 4.78 is 40.5. The molecule has 8 heteroatoms. The predicted octanol–water partition coefficient (Wildman–Crippen LogP) is 7.27. The molecule has 0 unspecified atom stereocenters. The maximum Gasteiger partial charge on any atom is 0.183 e. The van der Waals surface area contributed by atoms with E-state index in [1.54, 1.807) is 7.11 Å². The average Bonchev–Trinajstić information content (AvgIpc) is 3.04. The first-order valence-corrected chi connectivity index (χ1v) is 17.0. The minimum absolute atomic E-state index is 0.0239. The number of aliphatic hydroxyl groups excluding tert-OH is 1. The Kier molecular flexibility index (Phi) is 22.9. The van der Waals surface area contributed by atoms with Crippen LogP contribution in [0.5, 0.6) is 5.75 Å². The van der Waals surface area contributed by atoms with Gasteiger partial charge in [0.05, 0.1) is 78.6 Å². The number of hydrogen-bond acceptors (Lipinski definition) is 8. The summed E-state index contributed by atoms with van der Waals surface area (Å²) in [6.45, 7) is 7.30. The third-order valence-corrected chi connectivity index (χ3v) is 7.91. The zero-order chi connectivity index (χ0) is 30.7. The van der Waals surface area contributed by atoms with Gasteiger partial charge in [-0.05, 0) is 18.6 Å². The largest absolute Gasteiger partial charge is 0.497 e. The summed E-state index contributed by atoms with van der Waals surface area (Å²) in [6, 6.07) is 7.78. The lowest BCUT2D eigenvalue weighted by molar-refractivity contribution is -0.254. The van der Waals surface area contributed by atoms with Crippen LogP contribution in [0.15, 0.2) is 24.3 Å². The fourth-order valence-electron chi connectivity index (χ4n) is 5.24. The van der Waals surface area contributed by atoms with Crippen molar-refractivity contribution in [3.8, 4) is 5.75 Å². The van der Waals surface area contributed by atoms with Crippen molar-refractivity contribution in [1.82, 2.24) is 0 Å². The minimum atomic E-state index is -0.410. The van der Waals surface area contributed by atoms with Crippen LogP contribution in [0.25, 0.3) is 0 Å². The summed E-state index contributed by atoms with van der Waals surface area (Å²) in [5, 5.41) is 8.76. The first-order valence-electron chi connectivity index (χ1n) is 17.0. The molecule has 8 nitrogen and oxygen atoms in total. The van der Waals surface area contributed by atoms with Crippen LogP contribution in [0.1, 0.15) is 109 Å². The lowest BCUT2D eigenvalue weighted by Crippen LogP contribution is -2.46. The van der Waals surface area contributed by atoms with Crippen LogP contribution in [-0.4, -0.2) is 84.9 Å². The maximum absolute atomic E-state index is 8.76. The van der Waals surface area contributed by atoms with Crippen molar-refractivity contribution < 1.29 is 38.3 Å². The second-order valence-electron chi connectivity index (χ2n) is 11.9. The fourth-order valence-corrected chi connectivity index (χ4v) is 5.24. The zero-order valence-electron chi connectivity index (χ0n) is 27.4. The molecule has 1 aromatic rings. The molecule has 1 aliphatic heterocycles. The molecule has 1 aliphatic rings. The molecule has 0 saturated carbocycles. The molecule has 0 aromatic heterocycles. The van der Waals surface area contributed by atoms with Crippen LogP contribution in [0.4, 0.5) is 0 Å². The summed E-state index contributed by atoms with van der Waals surface area (Å²) in [4.78, 5) is 0. The van der Waals surface area contributed by atoms with Gasteiger partial charge in [-0.3, -0.25) is 0 Å². The minimum Gasteiger partial charge on any atom is -0.497 e. The molecule has 0 bridgehead atoms. The Morgan fingerprint density at radius 2 is 1.09 bits per heavy atom. The van der Waals surface area contributed by atoms with Crippen LogP contribution in [0.3, 0.4) is 0 Å². The van der Waals surface area contributed by atoms with E-state index < -0.39 is 6.29 Å². The highest BCUT2D eigenvalue weighted by molar-refractivity contribution is 5.28. The molecule has 0 radical (unpaired) electrons. The zero-order valence-corrected chi connectivity index (χ0v) is 27.4. The van der Waals surface area contributed by atoms with Crippen molar-refractivity contribution in [3.05, 3.63) is 29.8 Å². The molecular formula is C35H62O8. The Morgan fingerprint density at radius 3 is 1.60 bits per heavy atom. The molecule has 1 fully saturated rings. The normalized spacial score (nSPS) is 18.7. The third-order valence-electron chi connectivity index (χ3n) is 7.91. The maximum atomic E-state index is 8.76. The van der Waals surface area contributed by atoms with Gasteiger partial charge in [-0.15, -0.1) is 0 Å². The van der Waals surface area contributed by atoms with Crippen LogP contribution in [0.2, 0.25) is 0 Å². The molecule has 0 aliphatic carbocycles. The lowest BCUT2D eigenvalue weighted by Gasteiger charge is -2.39. The van der Waals surface area contributed by atoms with E-state index in [1.807, 2.05) is 24.3 Å². The second kappa shape index (κ2) is 26.0. The van der Waals surface area contributed by atoms with E-state index in [0.717, 1.165) is 24.3 Å². The molecule has 0 amide bonds. The number of hydrogen-bond donors (Lipinski definition) is 1. The molecule has 1 heterocycles. The van der Waals surface area contributed by atoms with Gasteiger partial charge in [-0.1, -0.05) is 103 Å². The summed E-state index contributed by atoms with van der Waals surface area (Å²) >= 11 is 0. The Labute approximate surface area is 262 Å². The topological polar surface area (TPSA) is 84.8 Å². The smallest absolute Gasteiger partial charge is 0.183 e. The number of methoxy groups -OCH3 is 1. The summed E-state index contributed by atoms with van der Waals surface area (Å²) in [6.07, 6.45) is 18.5. The lowest BCUT2D eigenvalue weighted by atomic mass is 9.91. The monoisotopic (exact) mass is 610 g/mol. The average molecular weight is 611 g/mol. The van der Waals surface area contributed by atoms with Gasteiger partial charge in [0.2, 0.25) is 0 Å². The number of unbranched alkanes of at least 4 members (excludes halogenated alkanes) is 13. The van der Waals surface area contributed by atoms with E-state index in [1.165, 1.54) is 83.5 Å². The molecule has 0 atom stereocenters. The van der Waals surface area contributed by atoms with Crippen molar-refractivity contribution in [2.24, 2.45) is 5.41 Å². The number of aliphatic hydroxyl groups is 1. The Hall–Kier alpha value is -1.26. The second-order valence-corrected chi connectivity index (χ2v) is 11.9. The van der Waals surface area contributed by atoms with Crippen LogP contribution >= 0.6 is 0 Å². The molecule has 1 aromatic carbocycles. The molecule has 0 spiro atoms. The van der Waals surface area contributed by atoms with Gasteiger partial charge in [0, 0.05) is 12.2 Å².